The van der Waals surface area contributed by atoms with Gasteiger partial charge in [0.05, 0.1) is 11.7 Å². The van der Waals surface area contributed by atoms with Crippen LogP contribution in [0.25, 0.3) is 0 Å². The zero-order chi connectivity index (χ0) is 12.4. The second-order valence-corrected chi connectivity index (χ2v) is 4.40. The van der Waals surface area contributed by atoms with Gasteiger partial charge in [0.1, 0.15) is 5.69 Å². The molecule has 6 heteroatoms. The SMILES string of the molecule is Cc1ccnc(C(=O)[O-])c1N1CCN(C)CC1.[K+]. The molecule has 0 saturated carbocycles. The number of piperazine rings is 1. The normalized spacial score (nSPS) is 16.2. The Kier molecular flexibility index (Phi) is 6.23. The summed E-state index contributed by atoms with van der Waals surface area (Å²) in [4.78, 5) is 19.3. The predicted molar refractivity (Wildman–Crippen MR) is 63.0 cm³/mol. The van der Waals surface area contributed by atoms with Crippen LogP contribution in [0.4, 0.5) is 5.69 Å². The summed E-state index contributed by atoms with van der Waals surface area (Å²) in [6, 6.07) is 1.83. The first kappa shape index (κ1) is 16.1. The van der Waals surface area contributed by atoms with Crippen LogP contribution in [-0.2, 0) is 0 Å². The van der Waals surface area contributed by atoms with Crippen molar-refractivity contribution in [3.8, 4) is 0 Å². The largest absolute Gasteiger partial charge is 1.00 e. The Morgan fingerprint density at radius 1 is 1.33 bits per heavy atom. The van der Waals surface area contributed by atoms with Crippen LogP contribution in [-0.4, -0.2) is 49.1 Å². The standard InChI is InChI=1S/C12H17N3O2.K/c1-9-3-4-13-10(12(16)17)11(9)15-7-5-14(2)6-8-15;/h3-4H,5-8H2,1-2H3,(H,16,17);/q;+1/p-1. The van der Waals surface area contributed by atoms with E-state index in [9.17, 15) is 9.90 Å². The Balaban J connectivity index is 0.00000162. The first-order valence-corrected chi connectivity index (χ1v) is 5.70. The van der Waals surface area contributed by atoms with E-state index in [1.54, 1.807) is 0 Å². The monoisotopic (exact) mass is 273 g/mol. The number of aryl methyl sites for hydroxylation is 1. The molecule has 0 N–H and O–H groups in total. The molecule has 0 amide bonds. The average molecular weight is 273 g/mol. The maximum Gasteiger partial charge on any atom is 1.00 e. The van der Waals surface area contributed by atoms with E-state index < -0.39 is 5.97 Å². The molecular weight excluding hydrogens is 257 g/mol. The first-order chi connectivity index (χ1) is 8.09. The van der Waals surface area contributed by atoms with Crippen LogP contribution in [0, 0.1) is 6.92 Å². The molecule has 1 aromatic rings. The second-order valence-electron chi connectivity index (χ2n) is 4.40. The summed E-state index contributed by atoms with van der Waals surface area (Å²) in [6.07, 6.45) is 1.51. The Labute approximate surface area is 150 Å². The van der Waals surface area contributed by atoms with Gasteiger partial charge in [0, 0.05) is 32.4 Å². The van der Waals surface area contributed by atoms with E-state index >= 15 is 0 Å². The van der Waals surface area contributed by atoms with Crippen LogP contribution in [0.3, 0.4) is 0 Å². The van der Waals surface area contributed by atoms with Crippen molar-refractivity contribution in [2.75, 3.05) is 38.1 Å². The zero-order valence-electron chi connectivity index (χ0n) is 11.1. The fourth-order valence-electron chi connectivity index (χ4n) is 2.13. The van der Waals surface area contributed by atoms with Crippen molar-refractivity contribution in [1.29, 1.82) is 0 Å². The number of carboxylic acid groups (broad SMARTS) is 1. The van der Waals surface area contributed by atoms with E-state index in [-0.39, 0.29) is 57.1 Å². The molecule has 92 valence electrons. The summed E-state index contributed by atoms with van der Waals surface area (Å²) < 4.78 is 0. The van der Waals surface area contributed by atoms with Gasteiger partial charge in [-0.25, -0.2) is 0 Å². The molecule has 0 spiro atoms. The van der Waals surface area contributed by atoms with Gasteiger partial charge in [0.15, 0.2) is 0 Å². The third-order valence-corrected chi connectivity index (χ3v) is 3.14. The van der Waals surface area contributed by atoms with Crippen molar-refractivity contribution in [2.24, 2.45) is 0 Å². The van der Waals surface area contributed by atoms with Crippen molar-refractivity contribution in [1.82, 2.24) is 9.88 Å². The number of rotatable bonds is 2. The Hall–Kier alpha value is 0.0164. The van der Waals surface area contributed by atoms with Gasteiger partial charge >= 0.3 is 51.4 Å². The average Bonchev–Trinajstić information content (AvgIpc) is 2.30. The van der Waals surface area contributed by atoms with Crippen molar-refractivity contribution in [2.45, 2.75) is 6.92 Å². The smallest absolute Gasteiger partial charge is 0.543 e. The van der Waals surface area contributed by atoms with Gasteiger partial charge in [-0.05, 0) is 25.6 Å². The Bertz CT molecular complexity index is 431. The van der Waals surface area contributed by atoms with Crippen molar-refractivity contribution in [3.05, 3.63) is 23.5 Å². The van der Waals surface area contributed by atoms with E-state index in [1.165, 1.54) is 6.20 Å². The van der Waals surface area contributed by atoms with Gasteiger partial charge in [-0.15, -0.1) is 0 Å². The van der Waals surface area contributed by atoms with Crippen molar-refractivity contribution < 1.29 is 61.3 Å². The molecule has 1 aliphatic heterocycles. The van der Waals surface area contributed by atoms with E-state index in [2.05, 4.69) is 21.8 Å². The third-order valence-electron chi connectivity index (χ3n) is 3.14. The van der Waals surface area contributed by atoms with Crippen LogP contribution >= 0.6 is 0 Å². The van der Waals surface area contributed by atoms with Crippen LogP contribution in [0.15, 0.2) is 12.3 Å². The maximum absolute atomic E-state index is 11.1. The minimum atomic E-state index is -1.21. The molecule has 2 rings (SSSR count). The Morgan fingerprint density at radius 3 is 2.50 bits per heavy atom. The van der Waals surface area contributed by atoms with Crippen LogP contribution < -0.4 is 61.4 Å². The topological polar surface area (TPSA) is 59.5 Å². The number of carboxylic acids is 1. The third kappa shape index (κ3) is 3.52. The molecule has 18 heavy (non-hydrogen) atoms. The molecule has 0 aromatic carbocycles. The summed E-state index contributed by atoms with van der Waals surface area (Å²) in [7, 11) is 2.06. The van der Waals surface area contributed by atoms with Crippen molar-refractivity contribution >= 4 is 11.7 Å². The molecule has 0 radical (unpaired) electrons. The van der Waals surface area contributed by atoms with Gasteiger partial charge in [-0.1, -0.05) is 0 Å². The number of aromatic nitrogens is 1. The van der Waals surface area contributed by atoms with Gasteiger partial charge in [0.2, 0.25) is 0 Å². The summed E-state index contributed by atoms with van der Waals surface area (Å²) in [6.45, 7) is 5.41. The van der Waals surface area contributed by atoms with Crippen LogP contribution in [0.2, 0.25) is 0 Å². The van der Waals surface area contributed by atoms with E-state index in [4.69, 9.17) is 0 Å². The van der Waals surface area contributed by atoms with Gasteiger partial charge < -0.3 is 19.7 Å². The molecule has 0 bridgehead atoms. The minimum absolute atomic E-state index is 0. The number of nitrogens with zero attached hydrogens (tertiary/aromatic N) is 3. The number of carbonyl (C=O) groups is 1. The number of hydrogen-bond acceptors (Lipinski definition) is 5. The number of hydrogen-bond donors (Lipinski definition) is 0. The minimum Gasteiger partial charge on any atom is -0.543 e. The van der Waals surface area contributed by atoms with Gasteiger partial charge in [-0.3, -0.25) is 4.98 Å². The molecule has 0 unspecified atom stereocenters. The van der Waals surface area contributed by atoms with E-state index in [1.807, 2.05) is 13.0 Å². The summed E-state index contributed by atoms with van der Waals surface area (Å²) in [5.41, 5.74) is 1.69. The molecule has 1 aromatic heterocycles. The molecule has 5 nitrogen and oxygen atoms in total. The number of pyridine rings is 1. The fourth-order valence-corrected chi connectivity index (χ4v) is 2.13. The summed E-state index contributed by atoms with van der Waals surface area (Å²) >= 11 is 0. The number of anilines is 1. The molecule has 1 fully saturated rings. The molecular formula is C12H16KN3O2. The quantitative estimate of drug-likeness (QED) is 0.524. The molecule has 2 heterocycles. The van der Waals surface area contributed by atoms with Crippen LogP contribution in [0.5, 0.6) is 0 Å². The number of aromatic carboxylic acids is 1. The summed E-state index contributed by atoms with van der Waals surface area (Å²) in [5.74, 6) is -1.21. The predicted octanol–water partition coefficient (Wildman–Crippen LogP) is -3.49. The molecule has 1 aliphatic rings. The van der Waals surface area contributed by atoms with E-state index in [0.29, 0.717) is 5.69 Å². The molecule has 0 atom stereocenters. The fraction of sp³-hybridized carbons (Fsp3) is 0.500. The molecule has 0 aliphatic carbocycles. The second kappa shape index (κ2) is 6.98. The Morgan fingerprint density at radius 2 is 1.94 bits per heavy atom. The number of carbonyl (C=O) groups excluding carboxylic acids is 1. The van der Waals surface area contributed by atoms with Gasteiger partial charge in [0.25, 0.3) is 0 Å². The van der Waals surface area contributed by atoms with E-state index in [0.717, 1.165) is 31.7 Å². The summed E-state index contributed by atoms with van der Waals surface area (Å²) in [5, 5.41) is 11.1. The van der Waals surface area contributed by atoms with Crippen LogP contribution in [0.1, 0.15) is 16.1 Å². The van der Waals surface area contributed by atoms with Gasteiger partial charge in [-0.2, -0.15) is 0 Å². The maximum atomic E-state index is 11.1. The molecule has 1 saturated heterocycles. The first-order valence-electron chi connectivity index (χ1n) is 5.70. The van der Waals surface area contributed by atoms with Crippen molar-refractivity contribution in [3.63, 3.8) is 0 Å². The zero-order valence-corrected chi connectivity index (χ0v) is 14.3. The number of likely N-dealkylation sites (N-methyl/N-ethyl adjacent to an activating group) is 1.